The third-order valence-corrected chi connectivity index (χ3v) is 5.66. The van der Waals surface area contributed by atoms with Gasteiger partial charge in [0.1, 0.15) is 4.90 Å². The number of unbranched alkanes of at least 4 members (excludes halogenated alkanes) is 1. The van der Waals surface area contributed by atoms with Gasteiger partial charge in [0.2, 0.25) is 15.9 Å². The van der Waals surface area contributed by atoms with E-state index in [4.69, 9.17) is 0 Å². The van der Waals surface area contributed by atoms with Crippen molar-refractivity contribution in [2.75, 3.05) is 13.1 Å². The molecule has 0 aliphatic carbocycles. The summed E-state index contributed by atoms with van der Waals surface area (Å²) >= 11 is 0. The predicted octanol–water partition coefficient (Wildman–Crippen LogP) is 0.924. The standard InChI is InChI=1S/C16H22N3O4S/c1-2-3-8-16(21)18-14-7-5-10-19(12-15(14)20)24(22,23)13-6-4-9-17-11-13/h4,6,8-9,11,14H,2-3,5,7,10,12H2,1H3,(H,18,21). The van der Waals surface area contributed by atoms with Crippen molar-refractivity contribution < 1.29 is 18.0 Å². The van der Waals surface area contributed by atoms with Crippen LogP contribution in [-0.2, 0) is 19.6 Å². The minimum absolute atomic E-state index is 0.0663. The Labute approximate surface area is 142 Å². The van der Waals surface area contributed by atoms with Crippen LogP contribution in [0.1, 0.15) is 32.6 Å². The van der Waals surface area contributed by atoms with Crippen LogP contribution in [0.4, 0.5) is 0 Å². The SMILES string of the molecule is CCC[CH]C(=O)NC1CCCN(S(=O)(=O)c2cccnc2)CC1=O. The minimum atomic E-state index is -3.75. The summed E-state index contributed by atoms with van der Waals surface area (Å²) in [5.74, 6) is -0.572. The van der Waals surface area contributed by atoms with E-state index >= 15 is 0 Å². The van der Waals surface area contributed by atoms with Crippen LogP contribution in [0, 0.1) is 6.42 Å². The molecule has 2 rings (SSSR count). The van der Waals surface area contributed by atoms with Crippen LogP contribution in [0.5, 0.6) is 0 Å². The molecule has 1 aromatic heterocycles. The fraction of sp³-hybridized carbons (Fsp3) is 0.500. The van der Waals surface area contributed by atoms with Crippen LogP contribution >= 0.6 is 0 Å². The Morgan fingerprint density at radius 1 is 1.50 bits per heavy atom. The highest BCUT2D eigenvalue weighted by molar-refractivity contribution is 7.89. The molecule has 1 atom stereocenters. The number of sulfonamides is 1. The highest BCUT2D eigenvalue weighted by Gasteiger charge is 2.32. The van der Waals surface area contributed by atoms with Gasteiger partial charge >= 0.3 is 0 Å². The molecule has 2 heterocycles. The summed E-state index contributed by atoms with van der Waals surface area (Å²) in [5, 5.41) is 2.68. The van der Waals surface area contributed by atoms with Gasteiger partial charge in [-0.25, -0.2) is 8.42 Å². The maximum atomic E-state index is 12.6. The second-order valence-electron chi connectivity index (χ2n) is 5.69. The maximum Gasteiger partial charge on any atom is 0.245 e. The lowest BCUT2D eigenvalue weighted by Gasteiger charge is -2.19. The van der Waals surface area contributed by atoms with Crippen LogP contribution in [0.15, 0.2) is 29.4 Å². The first kappa shape index (κ1) is 18.5. The van der Waals surface area contributed by atoms with E-state index in [0.29, 0.717) is 19.3 Å². The second kappa shape index (κ2) is 8.34. The van der Waals surface area contributed by atoms with E-state index in [-0.39, 0.29) is 29.7 Å². The average molecular weight is 352 g/mol. The molecule has 1 aliphatic rings. The summed E-state index contributed by atoms with van der Waals surface area (Å²) in [6.07, 6.45) is 6.71. The molecule has 1 aliphatic heterocycles. The van der Waals surface area contributed by atoms with Gasteiger partial charge in [-0.2, -0.15) is 4.31 Å². The number of aromatic nitrogens is 1. The van der Waals surface area contributed by atoms with Gasteiger partial charge in [-0.3, -0.25) is 14.6 Å². The first-order chi connectivity index (χ1) is 11.4. The molecule has 1 aromatic rings. The molecule has 8 heteroatoms. The zero-order valence-electron chi connectivity index (χ0n) is 13.6. The van der Waals surface area contributed by atoms with Gasteiger partial charge in [-0.05, 0) is 31.4 Å². The summed E-state index contributed by atoms with van der Waals surface area (Å²) in [6.45, 7) is 1.96. The lowest BCUT2D eigenvalue weighted by atomic mass is 10.1. The Balaban J connectivity index is 2.05. The van der Waals surface area contributed by atoms with Crippen LogP contribution in [0.3, 0.4) is 0 Å². The number of pyridine rings is 1. The number of nitrogens with one attached hydrogen (secondary N) is 1. The Kier molecular flexibility index (Phi) is 6.44. The van der Waals surface area contributed by atoms with Crippen LogP contribution in [0.25, 0.3) is 0 Å². The highest BCUT2D eigenvalue weighted by atomic mass is 32.2. The average Bonchev–Trinajstić information content (AvgIpc) is 2.76. The Hall–Kier alpha value is -1.80. The van der Waals surface area contributed by atoms with E-state index in [1.165, 1.54) is 24.9 Å². The molecule has 0 bridgehead atoms. The van der Waals surface area contributed by atoms with Crippen molar-refractivity contribution in [2.24, 2.45) is 0 Å². The molecule has 1 fully saturated rings. The molecule has 1 saturated heterocycles. The first-order valence-electron chi connectivity index (χ1n) is 8.01. The van der Waals surface area contributed by atoms with Crippen molar-refractivity contribution in [1.29, 1.82) is 0 Å². The van der Waals surface area contributed by atoms with E-state index in [1.54, 1.807) is 6.07 Å². The Morgan fingerprint density at radius 3 is 2.96 bits per heavy atom. The van der Waals surface area contributed by atoms with Crippen molar-refractivity contribution in [3.63, 3.8) is 0 Å². The molecule has 1 radical (unpaired) electrons. The van der Waals surface area contributed by atoms with Crippen molar-refractivity contribution in [1.82, 2.24) is 14.6 Å². The Morgan fingerprint density at radius 2 is 2.29 bits per heavy atom. The molecular weight excluding hydrogens is 330 g/mol. The normalized spacial score (nSPS) is 19.7. The molecule has 0 spiro atoms. The summed E-state index contributed by atoms with van der Waals surface area (Å²) in [4.78, 5) is 28.0. The predicted molar refractivity (Wildman–Crippen MR) is 88.4 cm³/mol. The lowest BCUT2D eigenvalue weighted by molar-refractivity contribution is -0.126. The van der Waals surface area contributed by atoms with Crippen LogP contribution < -0.4 is 5.32 Å². The van der Waals surface area contributed by atoms with Crippen LogP contribution in [-0.4, -0.2) is 48.5 Å². The third kappa shape index (κ3) is 4.61. The third-order valence-electron chi connectivity index (χ3n) is 3.83. The summed E-state index contributed by atoms with van der Waals surface area (Å²) in [6, 6.07) is 2.36. The number of rotatable bonds is 6. The summed E-state index contributed by atoms with van der Waals surface area (Å²) in [7, 11) is -3.75. The maximum absolute atomic E-state index is 12.6. The number of hydrogen-bond acceptors (Lipinski definition) is 5. The fourth-order valence-electron chi connectivity index (χ4n) is 2.51. The number of Topliss-reactive ketones (excluding diaryl/α,β-unsaturated/α-hetero) is 1. The van der Waals surface area contributed by atoms with Gasteiger partial charge in [0.25, 0.3) is 0 Å². The largest absolute Gasteiger partial charge is 0.346 e. The topological polar surface area (TPSA) is 96.4 Å². The van der Waals surface area contributed by atoms with Gasteiger partial charge in [0, 0.05) is 25.4 Å². The summed E-state index contributed by atoms with van der Waals surface area (Å²) in [5.41, 5.74) is 0. The van der Waals surface area contributed by atoms with Crippen molar-refractivity contribution in [3.05, 3.63) is 30.9 Å². The van der Waals surface area contributed by atoms with Gasteiger partial charge in [0.05, 0.1) is 12.6 Å². The van der Waals surface area contributed by atoms with E-state index in [1.807, 2.05) is 6.92 Å². The molecule has 0 saturated carbocycles. The molecule has 24 heavy (non-hydrogen) atoms. The number of carbonyl (C=O) groups excluding carboxylic acids is 2. The van der Waals surface area contributed by atoms with E-state index < -0.39 is 16.1 Å². The zero-order chi connectivity index (χ0) is 17.6. The smallest absolute Gasteiger partial charge is 0.245 e. The van der Waals surface area contributed by atoms with Crippen molar-refractivity contribution >= 4 is 21.7 Å². The number of amides is 1. The van der Waals surface area contributed by atoms with Gasteiger partial charge in [0.15, 0.2) is 5.78 Å². The van der Waals surface area contributed by atoms with Crippen LogP contribution in [0.2, 0.25) is 0 Å². The molecule has 1 amide bonds. The van der Waals surface area contributed by atoms with E-state index in [9.17, 15) is 18.0 Å². The molecular formula is C16H22N3O4S. The second-order valence-corrected chi connectivity index (χ2v) is 7.63. The number of hydrogen-bond donors (Lipinski definition) is 1. The van der Waals surface area contributed by atoms with Gasteiger partial charge in [-0.1, -0.05) is 13.3 Å². The monoisotopic (exact) mass is 352 g/mol. The summed E-state index contributed by atoms with van der Waals surface area (Å²) < 4.78 is 26.4. The van der Waals surface area contributed by atoms with Gasteiger partial charge < -0.3 is 5.32 Å². The fourth-order valence-corrected chi connectivity index (χ4v) is 3.92. The molecule has 0 aromatic carbocycles. The van der Waals surface area contributed by atoms with E-state index in [0.717, 1.165) is 10.7 Å². The van der Waals surface area contributed by atoms with Gasteiger partial charge in [-0.15, -0.1) is 0 Å². The first-order valence-corrected chi connectivity index (χ1v) is 9.45. The molecule has 7 nitrogen and oxygen atoms in total. The molecule has 1 N–H and O–H groups in total. The lowest BCUT2D eigenvalue weighted by Crippen LogP contribution is -2.44. The zero-order valence-corrected chi connectivity index (χ0v) is 14.5. The Bertz CT molecular complexity index is 676. The molecule has 131 valence electrons. The minimum Gasteiger partial charge on any atom is -0.346 e. The quantitative estimate of drug-likeness (QED) is 0.821. The molecule has 1 unspecified atom stereocenters. The van der Waals surface area contributed by atoms with Crippen molar-refractivity contribution in [2.45, 2.75) is 43.5 Å². The number of nitrogens with zero attached hydrogens (tertiary/aromatic N) is 2. The number of ketones is 1. The highest BCUT2D eigenvalue weighted by Crippen LogP contribution is 2.18. The number of carbonyl (C=O) groups is 2. The van der Waals surface area contributed by atoms with E-state index in [2.05, 4.69) is 10.3 Å². The van der Waals surface area contributed by atoms with Crippen molar-refractivity contribution in [3.8, 4) is 0 Å².